The van der Waals surface area contributed by atoms with Gasteiger partial charge in [0, 0.05) is 20.2 Å². The van der Waals surface area contributed by atoms with Crippen LogP contribution in [-0.4, -0.2) is 34.0 Å². The van der Waals surface area contributed by atoms with Gasteiger partial charge in [0.25, 0.3) is 5.17 Å². The fraction of sp³-hybridized carbons (Fsp3) is 0.222. The van der Waals surface area contributed by atoms with Crippen molar-refractivity contribution in [2.45, 2.75) is 0 Å². The number of benzene rings is 1. The predicted molar refractivity (Wildman–Crippen MR) is 66.7 cm³/mol. The van der Waals surface area contributed by atoms with Crippen molar-refractivity contribution in [2.75, 3.05) is 14.1 Å². The lowest BCUT2D eigenvalue weighted by atomic mass is 10.2. The van der Waals surface area contributed by atoms with Crippen molar-refractivity contribution < 1.29 is 14.6 Å². The zero-order chi connectivity index (χ0) is 13.9. The fourth-order valence-corrected chi connectivity index (χ4v) is 1.20. The molecule has 0 aliphatic rings. The number of nitro groups is 2. The predicted octanol–water partition coefficient (Wildman–Crippen LogP) is 1.73. The van der Waals surface area contributed by atoms with E-state index in [1.54, 1.807) is 14.1 Å². The van der Waals surface area contributed by atoms with Crippen LogP contribution in [0.1, 0.15) is 0 Å². The standard InChI is InChI=1S/C9H9N3O5S/c1-10(2)9(18)17-7-5-3-4-6(11(13)14)8(7)12(15)16/h3-5H,1-2H3. The topological polar surface area (TPSA) is 98.8 Å². The molecular weight excluding hydrogens is 262 g/mol. The first-order chi connectivity index (χ1) is 8.34. The second-order valence-electron chi connectivity index (χ2n) is 3.40. The summed E-state index contributed by atoms with van der Waals surface area (Å²) in [6.07, 6.45) is 0. The molecule has 0 fully saturated rings. The fourth-order valence-electron chi connectivity index (χ4n) is 1.11. The van der Waals surface area contributed by atoms with Crippen molar-refractivity contribution in [3.8, 4) is 5.75 Å². The average Bonchev–Trinajstić information content (AvgIpc) is 2.27. The van der Waals surface area contributed by atoms with Crippen LogP contribution in [0.5, 0.6) is 5.75 Å². The highest BCUT2D eigenvalue weighted by Crippen LogP contribution is 2.36. The Hall–Kier alpha value is -2.29. The third-order valence-electron chi connectivity index (χ3n) is 1.92. The van der Waals surface area contributed by atoms with E-state index in [-0.39, 0.29) is 10.9 Å². The van der Waals surface area contributed by atoms with Crippen molar-refractivity contribution in [3.05, 3.63) is 38.4 Å². The SMILES string of the molecule is CN(C)C(=S)Oc1cccc([N+](=O)[O-])c1[N+](=O)[O-]. The molecule has 96 valence electrons. The zero-order valence-electron chi connectivity index (χ0n) is 9.52. The number of para-hydroxylation sites is 1. The lowest BCUT2D eigenvalue weighted by Crippen LogP contribution is -2.25. The van der Waals surface area contributed by atoms with E-state index in [2.05, 4.69) is 0 Å². The van der Waals surface area contributed by atoms with Crippen LogP contribution in [0, 0.1) is 20.2 Å². The average molecular weight is 271 g/mol. The summed E-state index contributed by atoms with van der Waals surface area (Å²) in [7, 11) is 3.18. The molecule has 18 heavy (non-hydrogen) atoms. The van der Waals surface area contributed by atoms with E-state index in [0.717, 1.165) is 6.07 Å². The lowest BCUT2D eigenvalue weighted by Gasteiger charge is -2.13. The third-order valence-corrected chi connectivity index (χ3v) is 2.37. The van der Waals surface area contributed by atoms with Gasteiger partial charge in [0.2, 0.25) is 5.75 Å². The van der Waals surface area contributed by atoms with Gasteiger partial charge in [-0.3, -0.25) is 20.2 Å². The molecule has 0 bridgehead atoms. The molecule has 8 nitrogen and oxygen atoms in total. The van der Waals surface area contributed by atoms with Gasteiger partial charge in [-0.1, -0.05) is 6.07 Å². The first-order valence-electron chi connectivity index (χ1n) is 4.65. The molecule has 0 atom stereocenters. The Bertz CT molecular complexity index is 517. The molecular formula is C9H9N3O5S. The van der Waals surface area contributed by atoms with Gasteiger partial charge in [0.1, 0.15) is 0 Å². The molecule has 0 aliphatic carbocycles. The van der Waals surface area contributed by atoms with Crippen molar-refractivity contribution in [1.82, 2.24) is 4.90 Å². The van der Waals surface area contributed by atoms with E-state index >= 15 is 0 Å². The number of hydrogen-bond donors (Lipinski definition) is 0. The van der Waals surface area contributed by atoms with E-state index in [1.165, 1.54) is 17.0 Å². The van der Waals surface area contributed by atoms with Crippen LogP contribution >= 0.6 is 12.2 Å². The highest BCUT2D eigenvalue weighted by Gasteiger charge is 2.30. The second-order valence-corrected chi connectivity index (χ2v) is 3.75. The van der Waals surface area contributed by atoms with Gasteiger partial charge in [-0.05, 0) is 18.3 Å². The molecule has 1 rings (SSSR count). The molecule has 0 saturated carbocycles. The molecule has 0 amide bonds. The Morgan fingerprint density at radius 1 is 1.28 bits per heavy atom. The van der Waals surface area contributed by atoms with Crippen LogP contribution in [0.2, 0.25) is 0 Å². The number of nitrogens with zero attached hydrogens (tertiary/aromatic N) is 3. The van der Waals surface area contributed by atoms with Crippen molar-refractivity contribution >= 4 is 28.8 Å². The van der Waals surface area contributed by atoms with E-state index in [9.17, 15) is 20.2 Å². The molecule has 9 heteroatoms. The Labute approximate surface area is 107 Å². The van der Waals surface area contributed by atoms with Crippen LogP contribution in [-0.2, 0) is 0 Å². The molecule has 1 aromatic rings. The summed E-state index contributed by atoms with van der Waals surface area (Å²) >= 11 is 4.83. The number of rotatable bonds is 3. The van der Waals surface area contributed by atoms with Gasteiger partial charge in [0.05, 0.1) is 9.85 Å². The first kappa shape index (κ1) is 13.8. The Morgan fingerprint density at radius 3 is 2.33 bits per heavy atom. The maximum atomic E-state index is 10.9. The largest absolute Gasteiger partial charge is 0.424 e. The summed E-state index contributed by atoms with van der Waals surface area (Å²) in [5.74, 6) is -0.257. The van der Waals surface area contributed by atoms with Crippen LogP contribution in [0.25, 0.3) is 0 Å². The molecule has 0 aliphatic heterocycles. The maximum absolute atomic E-state index is 10.9. The Morgan fingerprint density at radius 2 is 1.89 bits per heavy atom. The normalized spacial score (nSPS) is 9.67. The van der Waals surface area contributed by atoms with E-state index < -0.39 is 21.2 Å². The van der Waals surface area contributed by atoms with Gasteiger partial charge >= 0.3 is 11.4 Å². The monoisotopic (exact) mass is 271 g/mol. The number of thiocarbonyl (C=S) groups is 1. The molecule has 0 spiro atoms. The van der Waals surface area contributed by atoms with Gasteiger partial charge < -0.3 is 9.64 Å². The van der Waals surface area contributed by atoms with Gasteiger partial charge in [-0.2, -0.15) is 0 Å². The Balaban J connectivity index is 3.27. The highest BCUT2D eigenvalue weighted by molar-refractivity contribution is 7.80. The molecule has 0 saturated heterocycles. The molecule has 0 radical (unpaired) electrons. The van der Waals surface area contributed by atoms with E-state index in [1.807, 2.05) is 0 Å². The summed E-state index contributed by atoms with van der Waals surface area (Å²) < 4.78 is 5.07. The minimum atomic E-state index is -0.869. The van der Waals surface area contributed by atoms with Gasteiger partial charge in [-0.25, -0.2) is 0 Å². The molecule has 0 unspecified atom stereocenters. The van der Waals surface area contributed by atoms with Crippen molar-refractivity contribution in [1.29, 1.82) is 0 Å². The number of ether oxygens (including phenoxy) is 1. The molecule has 0 N–H and O–H groups in total. The molecule has 1 aromatic carbocycles. The van der Waals surface area contributed by atoms with Crippen LogP contribution in [0.4, 0.5) is 11.4 Å². The Kier molecular flexibility index (Phi) is 4.10. The quantitative estimate of drug-likeness (QED) is 0.469. The minimum absolute atomic E-state index is 0.0291. The second kappa shape index (κ2) is 5.36. The number of hydrogen-bond acceptors (Lipinski definition) is 6. The van der Waals surface area contributed by atoms with Crippen LogP contribution < -0.4 is 4.74 Å². The van der Waals surface area contributed by atoms with Crippen LogP contribution in [0.3, 0.4) is 0 Å². The number of nitro benzene ring substituents is 2. The minimum Gasteiger partial charge on any atom is -0.424 e. The van der Waals surface area contributed by atoms with Crippen molar-refractivity contribution in [3.63, 3.8) is 0 Å². The summed E-state index contributed by atoms with van der Waals surface area (Å²) in [6, 6.07) is 3.57. The highest BCUT2D eigenvalue weighted by atomic mass is 32.1. The maximum Gasteiger partial charge on any atom is 0.388 e. The summed E-state index contributed by atoms with van der Waals surface area (Å²) in [4.78, 5) is 21.3. The summed E-state index contributed by atoms with van der Waals surface area (Å²) in [5, 5.41) is 21.5. The first-order valence-corrected chi connectivity index (χ1v) is 5.06. The van der Waals surface area contributed by atoms with Crippen LogP contribution in [0.15, 0.2) is 18.2 Å². The third kappa shape index (κ3) is 2.88. The van der Waals surface area contributed by atoms with Gasteiger partial charge in [-0.15, -0.1) is 0 Å². The van der Waals surface area contributed by atoms with Crippen molar-refractivity contribution in [2.24, 2.45) is 0 Å². The summed E-state index contributed by atoms with van der Waals surface area (Å²) in [6.45, 7) is 0. The smallest absolute Gasteiger partial charge is 0.388 e. The van der Waals surface area contributed by atoms with Gasteiger partial charge in [0.15, 0.2) is 0 Å². The summed E-state index contributed by atoms with van der Waals surface area (Å²) in [5.41, 5.74) is -1.36. The van der Waals surface area contributed by atoms with E-state index in [4.69, 9.17) is 17.0 Å². The van der Waals surface area contributed by atoms with E-state index in [0.29, 0.717) is 0 Å². The molecule has 0 aromatic heterocycles. The zero-order valence-corrected chi connectivity index (χ0v) is 10.3. The lowest BCUT2D eigenvalue weighted by molar-refractivity contribution is -0.422. The molecule has 0 heterocycles.